The number of H-pyrrole nitrogens is 1. The molecule has 0 spiro atoms. The highest BCUT2D eigenvalue weighted by atomic mass is 35.5. The molecule has 0 amide bonds. The van der Waals surface area contributed by atoms with E-state index in [4.69, 9.17) is 11.6 Å². The van der Waals surface area contributed by atoms with Crippen molar-refractivity contribution >= 4 is 17.4 Å². The van der Waals surface area contributed by atoms with Gasteiger partial charge in [0.1, 0.15) is 5.02 Å². The maximum atomic E-state index is 11.0. The number of hydrogen-bond acceptors (Lipinski definition) is 3. The van der Waals surface area contributed by atoms with Crippen molar-refractivity contribution in [2.24, 2.45) is 0 Å². The minimum Gasteiger partial charge on any atom is -0.365 e. The van der Waals surface area contributed by atoms with E-state index >= 15 is 0 Å². The van der Waals surface area contributed by atoms with Gasteiger partial charge in [-0.25, -0.2) is 4.98 Å². The van der Waals surface area contributed by atoms with E-state index < -0.39 is 0 Å². The Morgan fingerprint density at radius 3 is 3.14 bits per heavy atom. The summed E-state index contributed by atoms with van der Waals surface area (Å²) in [6.07, 6.45) is 6.28. The van der Waals surface area contributed by atoms with Gasteiger partial charge in [-0.2, -0.15) is 0 Å². The van der Waals surface area contributed by atoms with Gasteiger partial charge in [-0.3, -0.25) is 4.79 Å². The summed E-state index contributed by atoms with van der Waals surface area (Å²) in [7, 11) is 0. The summed E-state index contributed by atoms with van der Waals surface area (Å²) in [6, 6.07) is 0. The van der Waals surface area contributed by atoms with E-state index in [9.17, 15) is 4.79 Å². The van der Waals surface area contributed by atoms with Crippen LogP contribution in [0.1, 0.15) is 13.3 Å². The Hall–Kier alpha value is -1.29. The zero-order chi connectivity index (χ0) is 10.4. The van der Waals surface area contributed by atoms with Crippen molar-refractivity contribution in [3.63, 3.8) is 0 Å². The number of halogens is 1. The van der Waals surface area contributed by atoms with E-state index in [1.807, 2.05) is 12.2 Å². The molecule has 0 unspecified atom stereocenters. The molecule has 1 aromatic heterocycles. The van der Waals surface area contributed by atoms with E-state index in [2.05, 4.69) is 22.2 Å². The summed E-state index contributed by atoms with van der Waals surface area (Å²) in [5, 5.41) is 3.03. The SMILES string of the molecule is CC/C=C/CNc1nc[nH]c(=O)c1Cl. The average molecular weight is 214 g/mol. The number of aromatic nitrogens is 2. The second-order valence-corrected chi connectivity index (χ2v) is 3.03. The molecule has 0 aliphatic heterocycles. The minimum absolute atomic E-state index is 0.0948. The lowest BCUT2D eigenvalue weighted by Crippen LogP contribution is -2.11. The molecular formula is C9H12ClN3O. The summed E-state index contributed by atoms with van der Waals surface area (Å²) < 4.78 is 0. The molecule has 14 heavy (non-hydrogen) atoms. The minimum atomic E-state index is -0.330. The smallest absolute Gasteiger partial charge is 0.271 e. The predicted octanol–water partition coefficient (Wildman–Crippen LogP) is 1.80. The number of allylic oxidation sites excluding steroid dienone is 1. The third-order valence-corrected chi connectivity index (χ3v) is 1.94. The first-order valence-electron chi connectivity index (χ1n) is 4.37. The Kier molecular flexibility index (Phi) is 4.19. The highest BCUT2D eigenvalue weighted by Gasteiger charge is 2.02. The average Bonchev–Trinajstić information content (AvgIpc) is 2.19. The Morgan fingerprint density at radius 2 is 2.43 bits per heavy atom. The number of nitrogens with zero attached hydrogens (tertiary/aromatic N) is 1. The van der Waals surface area contributed by atoms with Gasteiger partial charge in [0.2, 0.25) is 0 Å². The number of anilines is 1. The van der Waals surface area contributed by atoms with Crippen LogP contribution in [0, 0.1) is 0 Å². The Bertz CT molecular complexity index is 373. The topological polar surface area (TPSA) is 57.8 Å². The van der Waals surface area contributed by atoms with Crippen molar-refractivity contribution in [1.29, 1.82) is 0 Å². The summed E-state index contributed by atoms with van der Waals surface area (Å²) >= 11 is 5.71. The molecule has 0 aromatic carbocycles. The van der Waals surface area contributed by atoms with Crippen molar-refractivity contribution < 1.29 is 0 Å². The number of nitrogens with one attached hydrogen (secondary N) is 2. The van der Waals surface area contributed by atoms with Gasteiger partial charge in [0.15, 0.2) is 5.82 Å². The highest BCUT2D eigenvalue weighted by Crippen LogP contribution is 2.11. The number of rotatable bonds is 4. The summed E-state index contributed by atoms with van der Waals surface area (Å²) in [5.74, 6) is 0.413. The van der Waals surface area contributed by atoms with Crippen LogP contribution in [0.15, 0.2) is 23.3 Å². The molecule has 1 aromatic rings. The molecule has 5 heteroatoms. The first-order chi connectivity index (χ1) is 6.75. The fraction of sp³-hybridized carbons (Fsp3) is 0.333. The predicted molar refractivity (Wildman–Crippen MR) is 57.8 cm³/mol. The Balaban J connectivity index is 2.63. The van der Waals surface area contributed by atoms with Gasteiger partial charge < -0.3 is 10.3 Å². The summed E-state index contributed by atoms with van der Waals surface area (Å²) in [5.41, 5.74) is -0.330. The lowest BCUT2D eigenvalue weighted by Gasteiger charge is -2.02. The first kappa shape index (κ1) is 10.8. The molecule has 76 valence electrons. The van der Waals surface area contributed by atoms with Crippen LogP contribution >= 0.6 is 11.6 Å². The van der Waals surface area contributed by atoms with Crippen LogP contribution in [0.4, 0.5) is 5.82 Å². The maximum Gasteiger partial charge on any atom is 0.271 e. The molecule has 1 heterocycles. The van der Waals surface area contributed by atoms with Crippen molar-refractivity contribution in [1.82, 2.24) is 9.97 Å². The highest BCUT2D eigenvalue weighted by molar-refractivity contribution is 6.32. The number of hydrogen-bond donors (Lipinski definition) is 2. The Labute approximate surface area is 87.0 Å². The standard InChI is InChI=1S/C9H12ClN3O/c1-2-3-4-5-11-8-7(10)9(14)13-6-12-8/h3-4,6H,2,5H2,1H3,(H2,11,12,13,14)/b4-3+. The second kappa shape index (κ2) is 5.44. The largest absolute Gasteiger partial charge is 0.365 e. The third-order valence-electron chi connectivity index (χ3n) is 1.59. The molecule has 0 saturated heterocycles. The quantitative estimate of drug-likeness (QED) is 0.750. The first-order valence-corrected chi connectivity index (χ1v) is 4.75. The third kappa shape index (κ3) is 2.88. The molecule has 0 radical (unpaired) electrons. The van der Waals surface area contributed by atoms with Gasteiger partial charge in [0.25, 0.3) is 5.56 Å². The fourth-order valence-corrected chi connectivity index (χ4v) is 1.08. The van der Waals surface area contributed by atoms with Crippen molar-refractivity contribution in [3.8, 4) is 0 Å². The van der Waals surface area contributed by atoms with Gasteiger partial charge in [-0.15, -0.1) is 0 Å². The van der Waals surface area contributed by atoms with Crippen LogP contribution < -0.4 is 10.9 Å². The van der Waals surface area contributed by atoms with E-state index in [0.29, 0.717) is 12.4 Å². The lowest BCUT2D eigenvalue weighted by atomic mass is 10.4. The van der Waals surface area contributed by atoms with Gasteiger partial charge in [0, 0.05) is 6.54 Å². The van der Waals surface area contributed by atoms with Crippen molar-refractivity contribution in [2.75, 3.05) is 11.9 Å². The van der Waals surface area contributed by atoms with Gasteiger partial charge in [-0.1, -0.05) is 30.7 Å². The van der Waals surface area contributed by atoms with E-state index in [1.54, 1.807) is 0 Å². The van der Waals surface area contributed by atoms with E-state index in [0.717, 1.165) is 6.42 Å². The molecule has 0 bridgehead atoms. The molecule has 1 rings (SSSR count). The van der Waals surface area contributed by atoms with Gasteiger partial charge in [0.05, 0.1) is 6.33 Å². The normalized spacial score (nSPS) is 10.7. The van der Waals surface area contributed by atoms with Crippen molar-refractivity contribution in [2.45, 2.75) is 13.3 Å². The molecule has 0 aliphatic rings. The Morgan fingerprint density at radius 1 is 1.64 bits per heavy atom. The zero-order valence-corrected chi connectivity index (χ0v) is 8.64. The van der Waals surface area contributed by atoms with Crippen LogP contribution in [0.25, 0.3) is 0 Å². The van der Waals surface area contributed by atoms with E-state index in [-0.39, 0.29) is 10.6 Å². The van der Waals surface area contributed by atoms with Crippen LogP contribution in [-0.2, 0) is 0 Å². The molecule has 0 atom stereocenters. The molecular weight excluding hydrogens is 202 g/mol. The molecule has 0 aliphatic carbocycles. The molecule has 0 saturated carbocycles. The van der Waals surface area contributed by atoms with Crippen LogP contribution in [-0.4, -0.2) is 16.5 Å². The van der Waals surface area contributed by atoms with Crippen molar-refractivity contribution in [3.05, 3.63) is 33.9 Å². The van der Waals surface area contributed by atoms with Crippen LogP contribution in [0.3, 0.4) is 0 Å². The molecule has 0 fully saturated rings. The second-order valence-electron chi connectivity index (χ2n) is 2.65. The summed E-state index contributed by atoms with van der Waals surface area (Å²) in [4.78, 5) is 17.3. The molecule has 4 nitrogen and oxygen atoms in total. The molecule has 2 N–H and O–H groups in total. The van der Waals surface area contributed by atoms with Crippen LogP contribution in [0.5, 0.6) is 0 Å². The van der Waals surface area contributed by atoms with E-state index in [1.165, 1.54) is 6.33 Å². The monoisotopic (exact) mass is 213 g/mol. The lowest BCUT2D eigenvalue weighted by molar-refractivity contribution is 1.10. The summed E-state index contributed by atoms with van der Waals surface area (Å²) in [6.45, 7) is 2.67. The zero-order valence-electron chi connectivity index (χ0n) is 7.88. The van der Waals surface area contributed by atoms with Gasteiger partial charge >= 0.3 is 0 Å². The van der Waals surface area contributed by atoms with Crippen LogP contribution in [0.2, 0.25) is 5.02 Å². The van der Waals surface area contributed by atoms with Gasteiger partial charge in [-0.05, 0) is 6.42 Å². The maximum absolute atomic E-state index is 11.0. The fourth-order valence-electron chi connectivity index (χ4n) is 0.912. The number of aromatic amines is 1.